The second kappa shape index (κ2) is 5.63. The van der Waals surface area contributed by atoms with E-state index in [1.165, 1.54) is 12.1 Å². The van der Waals surface area contributed by atoms with E-state index in [4.69, 9.17) is 10.5 Å². The van der Waals surface area contributed by atoms with Gasteiger partial charge >= 0.3 is 0 Å². The van der Waals surface area contributed by atoms with E-state index in [-0.39, 0.29) is 11.9 Å². The second-order valence-electron chi connectivity index (χ2n) is 5.85. The number of rotatable bonds is 3. The van der Waals surface area contributed by atoms with Crippen LogP contribution in [0.3, 0.4) is 0 Å². The number of hydrogen-bond donors (Lipinski definition) is 1. The van der Waals surface area contributed by atoms with Crippen LogP contribution in [0.5, 0.6) is 5.75 Å². The molecule has 124 valence electrons. The molecule has 0 saturated carbocycles. The number of ether oxygens (including phenoxy) is 1. The van der Waals surface area contributed by atoms with Crippen molar-refractivity contribution in [2.24, 2.45) is 7.05 Å². The molecule has 1 saturated heterocycles. The molecule has 1 atom stereocenters. The fourth-order valence-corrected chi connectivity index (χ4v) is 2.91. The van der Waals surface area contributed by atoms with Gasteiger partial charge in [-0.2, -0.15) is 15.1 Å². The summed E-state index contributed by atoms with van der Waals surface area (Å²) in [5, 5.41) is 4.90. The third-order valence-electron chi connectivity index (χ3n) is 4.14. The second-order valence-corrected chi connectivity index (χ2v) is 5.85. The number of benzene rings is 1. The standard InChI is InChI=1S/C16H17FN6O/c1-22-15-13(8-19-22)14(18)20-16(21-15)23-6-5-12(9-23)24-11-4-2-3-10(17)7-11/h2-4,7-8,12H,5-6,9H2,1H3,(H2,18,20,21)/t12-/m0/s1. The van der Waals surface area contributed by atoms with Gasteiger partial charge in [0.05, 0.1) is 18.1 Å². The minimum atomic E-state index is -0.305. The first-order valence-corrected chi connectivity index (χ1v) is 7.72. The molecule has 0 radical (unpaired) electrons. The first-order chi connectivity index (χ1) is 11.6. The van der Waals surface area contributed by atoms with Crippen molar-refractivity contribution < 1.29 is 9.13 Å². The predicted octanol–water partition coefficient (Wildman–Crippen LogP) is 1.74. The van der Waals surface area contributed by atoms with Crippen LogP contribution >= 0.6 is 0 Å². The number of halogens is 1. The highest BCUT2D eigenvalue weighted by Gasteiger charge is 2.27. The van der Waals surface area contributed by atoms with E-state index >= 15 is 0 Å². The highest BCUT2D eigenvalue weighted by molar-refractivity contribution is 5.86. The number of nitrogens with two attached hydrogens (primary N) is 1. The average Bonchev–Trinajstić information content (AvgIpc) is 3.15. The number of nitrogens with zero attached hydrogens (tertiary/aromatic N) is 5. The van der Waals surface area contributed by atoms with Gasteiger partial charge in [0.15, 0.2) is 5.65 Å². The molecule has 3 heterocycles. The number of aryl methyl sites for hydroxylation is 1. The minimum Gasteiger partial charge on any atom is -0.488 e. The Morgan fingerprint density at radius 2 is 2.21 bits per heavy atom. The Morgan fingerprint density at radius 1 is 1.33 bits per heavy atom. The summed E-state index contributed by atoms with van der Waals surface area (Å²) in [5.74, 6) is 1.20. The highest BCUT2D eigenvalue weighted by atomic mass is 19.1. The summed E-state index contributed by atoms with van der Waals surface area (Å²) < 4.78 is 20.8. The maximum absolute atomic E-state index is 13.3. The molecule has 2 N–H and O–H groups in total. The van der Waals surface area contributed by atoms with Crippen molar-refractivity contribution in [1.29, 1.82) is 0 Å². The SMILES string of the molecule is Cn1ncc2c(N)nc(N3CC[C@H](Oc4cccc(F)c4)C3)nc21. The lowest BCUT2D eigenvalue weighted by Crippen LogP contribution is -2.26. The van der Waals surface area contributed by atoms with Crippen LogP contribution in [-0.2, 0) is 7.05 Å². The van der Waals surface area contributed by atoms with Crippen LogP contribution in [0.15, 0.2) is 30.5 Å². The topological polar surface area (TPSA) is 82.1 Å². The Kier molecular flexibility index (Phi) is 3.44. The van der Waals surface area contributed by atoms with Crippen LogP contribution in [0.25, 0.3) is 11.0 Å². The Hall–Kier alpha value is -2.90. The molecule has 7 nitrogen and oxygen atoms in total. The van der Waals surface area contributed by atoms with Crippen LogP contribution in [-0.4, -0.2) is 38.9 Å². The van der Waals surface area contributed by atoms with E-state index in [1.54, 1.807) is 23.0 Å². The van der Waals surface area contributed by atoms with Gasteiger partial charge in [-0.1, -0.05) is 6.07 Å². The molecule has 24 heavy (non-hydrogen) atoms. The normalized spacial score (nSPS) is 17.6. The fourth-order valence-electron chi connectivity index (χ4n) is 2.91. The quantitative estimate of drug-likeness (QED) is 0.789. The molecule has 0 unspecified atom stereocenters. The van der Waals surface area contributed by atoms with Crippen molar-refractivity contribution in [2.45, 2.75) is 12.5 Å². The zero-order valence-corrected chi connectivity index (χ0v) is 13.2. The summed E-state index contributed by atoms with van der Waals surface area (Å²) >= 11 is 0. The number of aromatic nitrogens is 4. The van der Waals surface area contributed by atoms with Gasteiger partial charge in [-0.15, -0.1) is 0 Å². The Bertz CT molecular complexity index is 895. The van der Waals surface area contributed by atoms with Crippen LogP contribution < -0.4 is 15.4 Å². The Labute approximate surface area is 137 Å². The highest BCUT2D eigenvalue weighted by Crippen LogP contribution is 2.25. The van der Waals surface area contributed by atoms with Crippen molar-refractivity contribution in [3.63, 3.8) is 0 Å². The largest absolute Gasteiger partial charge is 0.488 e. The first-order valence-electron chi connectivity index (χ1n) is 7.72. The summed E-state index contributed by atoms with van der Waals surface area (Å²) in [6.45, 7) is 1.38. The first kappa shape index (κ1) is 14.7. The van der Waals surface area contributed by atoms with Crippen molar-refractivity contribution in [3.8, 4) is 5.75 Å². The summed E-state index contributed by atoms with van der Waals surface area (Å²) in [5.41, 5.74) is 6.71. The number of anilines is 2. The average molecular weight is 328 g/mol. The molecule has 0 spiro atoms. The van der Waals surface area contributed by atoms with Crippen LogP contribution in [0.2, 0.25) is 0 Å². The number of fused-ring (bicyclic) bond motifs is 1. The lowest BCUT2D eigenvalue weighted by atomic mass is 10.3. The molecule has 3 aromatic rings. The number of nitrogen functional groups attached to an aromatic ring is 1. The third kappa shape index (κ3) is 2.60. The van der Waals surface area contributed by atoms with E-state index < -0.39 is 0 Å². The molecule has 1 aliphatic heterocycles. The van der Waals surface area contributed by atoms with E-state index in [2.05, 4.69) is 15.1 Å². The maximum atomic E-state index is 13.3. The molecule has 1 aliphatic rings. The summed E-state index contributed by atoms with van der Waals surface area (Å²) in [7, 11) is 1.82. The van der Waals surface area contributed by atoms with E-state index in [1.807, 2.05) is 11.9 Å². The lowest BCUT2D eigenvalue weighted by Gasteiger charge is -2.17. The van der Waals surface area contributed by atoms with Crippen LogP contribution in [0.4, 0.5) is 16.2 Å². The van der Waals surface area contributed by atoms with Gasteiger partial charge in [0.1, 0.15) is 23.5 Å². The lowest BCUT2D eigenvalue weighted by molar-refractivity contribution is 0.224. The van der Waals surface area contributed by atoms with E-state index in [0.29, 0.717) is 29.7 Å². The molecule has 4 rings (SSSR count). The Morgan fingerprint density at radius 3 is 3.04 bits per heavy atom. The fraction of sp³-hybridized carbons (Fsp3) is 0.312. The van der Waals surface area contributed by atoms with Crippen LogP contribution in [0, 0.1) is 5.82 Å². The smallest absolute Gasteiger partial charge is 0.229 e. The molecule has 0 bridgehead atoms. The Balaban J connectivity index is 1.53. The molecule has 2 aromatic heterocycles. The van der Waals surface area contributed by atoms with Crippen molar-refractivity contribution >= 4 is 22.8 Å². The monoisotopic (exact) mass is 328 g/mol. The maximum Gasteiger partial charge on any atom is 0.229 e. The van der Waals surface area contributed by atoms with Gasteiger partial charge in [0, 0.05) is 26.1 Å². The van der Waals surface area contributed by atoms with Gasteiger partial charge in [0.25, 0.3) is 0 Å². The van der Waals surface area contributed by atoms with Crippen molar-refractivity contribution in [2.75, 3.05) is 23.7 Å². The zero-order chi connectivity index (χ0) is 16.7. The van der Waals surface area contributed by atoms with Crippen molar-refractivity contribution in [3.05, 3.63) is 36.3 Å². The summed E-state index contributed by atoms with van der Waals surface area (Å²) in [6, 6.07) is 6.17. The van der Waals surface area contributed by atoms with Crippen LogP contribution in [0.1, 0.15) is 6.42 Å². The summed E-state index contributed by atoms with van der Waals surface area (Å²) in [4.78, 5) is 10.9. The molecule has 0 amide bonds. The number of hydrogen-bond acceptors (Lipinski definition) is 6. The molecule has 0 aliphatic carbocycles. The third-order valence-corrected chi connectivity index (χ3v) is 4.14. The van der Waals surface area contributed by atoms with Gasteiger partial charge in [0.2, 0.25) is 5.95 Å². The molecular formula is C16H17FN6O. The molecule has 8 heteroatoms. The molecular weight excluding hydrogens is 311 g/mol. The van der Waals surface area contributed by atoms with Gasteiger partial charge in [-0.05, 0) is 12.1 Å². The minimum absolute atomic E-state index is 0.0427. The van der Waals surface area contributed by atoms with Gasteiger partial charge in [-0.3, -0.25) is 4.68 Å². The van der Waals surface area contributed by atoms with Gasteiger partial charge in [-0.25, -0.2) is 4.39 Å². The van der Waals surface area contributed by atoms with E-state index in [9.17, 15) is 4.39 Å². The molecule has 1 fully saturated rings. The van der Waals surface area contributed by atoms with Gasteiger partial charge < -0.3 is 15.4 Å². The van der Waals surface area contributed by atoms with E-state index in [0.717, 1.165) is 18.4 Å². The zero-order valence-electron chi connectivity index (χ0n) is 13.2. The molecule has 1 aromatic carbocycles. The predicted molar refractivity (Wildman–Crippen MR) is 88.4 cm³/mol. The van der Waals surface area contributed by atoms with Crippen molar-refractivity contribution in [1.82, 2.24) is 19.7 Å². The summed E-state index contributed by atoms with van der Waals surface area (Å²) in [6.07, 6.45) is 2.43.